The zero-order valence-electron chi connectivity index (χ0n) is 10.7. The van der Waals surface area contributed by atoms with Gasteiger partial charge in [-0.2, -0.15) is 0 Å². The standard InChI is InChI=1S/C13H19N3O3/c14-12(9-10-1-3-11(17)4-2-10)13(18)15-16-5-7-19-8-6-16/h1-4,12,17H,5-9,14H2,(H,15,18). The molecule has 1 unspecified atom stereocenters. The first-order chi connectivity index (χ1) is 9.15. The van der Waals surface area contributed by atoms with Gasteiger partial charge in [0.25, 0.3) is 5.91 Å². The number of morpholine rings is 1. The molecule has 1 atom stereocenters. The summed E-state index contributed by atoms with van der Waals surface area (Å²) in [6.07, 6.45) is 0.441. The largest absolute Gasteiger partial charge is 0.508 e. The number of carbonyl (C=O) groups excluding carboxylic acids is 1. The van der Waals surface area contributed by atoms with Crippen molar-refractivity contribution >= 4 is 5.91 Å². The molecule has 1 amide bonds. The van der Waals surface area contributed by atoms with E-state index < -0.39 is 6.04 Å². The number of amides is 1. The van der Waals surface area contributed by atoms with E-state index in [1.165, 1.54) is 0 Å². The van der Waals surface area contributed by atoms with Gasteiger partial charge in [0, 0.05) is 13.1 Å². The molecule has 0 radical (unpaired) electrons. The van der Waals surface area contributed by atoms with E-state index in [4.69, 9.17) is 10.5 Å². The van der Waals surface area contributed by atoms with Crippen LogP contribution in [0.3, 0.4) is 0 Å². The molecule has 104 valence electrons. The van der Waals surface area contributed by atoms with Gasteiger partial charge in [0.05, 0.1) is 19.3 Å². The number of nitrogens with zero attached hydrogens (tertiary/aromatic N) is 1. The monoisotopic (exact) mass is 265 g/mol. The Hall–Kier alpha value is -1.63. The fourth-order valence-electron chi connectivity index (χ4n) is 1.89. The summed E-state index contributed by atoms with van der Waals surface area (Å²) in [5, 5.41) is 11.0. The highest BCUT2D eigenvalue weighted by molar-refractivity contribution is 5.81. The number of ether oxygens (including phenoxy) is 1. The van der Waals surface area contributed by atoms with E-state index in [1.807, 2.05) is 5.01 Å². The third-order valence-electron chi connectivity index (χ3n) is 3.01. The molecular weight excluding hydrogens is 246 g/mol. The number of benzene rings is 1. The number of hydrogen-bond donors (Lipinski definition) is 3. The average molecular weight is 265 g/mol. The number of hydrazine groups is 1. The summed E-state index contributed by atoms with van der Waals surface area (Å²) in [4.78, 5) is 11.9. The normalized spacial score (nSPS) is 17.9. The van der Waals surface area contributed by atoms with Crippen molar-refractivity contribution in [1.82, 2.24) is 10.4 Å². The van der Waals surface area contributed by atoms with Gasteiger partial charge in [-0.1, -0.05) is 12.1 Å². The number of hydrogen-bond acceptors (Lipinski definition) is 5. The van der Waals surface area contributed by atoms with Crippen molar-refractivity contribution < 1.29 is 14.6 Å². The first-order valence-corrected chi connectivity index (χ1v) is 6.32. The number of aromatic hydroxyl groups is 1. The van der Waals surface area contributed by atoms with Gasteiger partial charge >= 0.3 is 0 Å². The Labute approximate surface area is 112 Å². The smallest absolute Gasteiger partial charge is 0.251 e. The predicted octanol–water partition coefficient (Wildman–Crippen LogP) is -0.375. The van der Waals surface area contributed by atoms with Crippen molar-refractivity contribution in [2.75, 3.05) is 26.3 Å². The minimum absolute atomic E-state index is 0.199. The topological polar surface area (TPSA) is 87.8 Å². The van der Waals surface area contributed by atoms with Crippen LogP contribution in [0.4, 0.5) is 0 Å². The molecule has 6 heteroatoms. The number of rotatable bonds is 4. The molecule has 1 aliphatic heterocycles. The lowest BCUT2D eigenvalue weighted by atomic mass is 10.1. The maximum Gasteiger partial charge on any atom is 0.251 e. The summed E-state index contributed by atoms with van der Waals surface area (Å²) in [5.74, 6) is 0.00469. The summed E-state index contributed by atoms with van der Waals surface area (Å²) in [5.41, 5.74) is 9.58. The highest BCUT2D eigenvalue weighted by Crippen LogP contribution is 2.10. The predicted molar refractivity (Wildman–Crippen MR) is 70.3 cm³/mol. The fourth-order valence-corrected chi connectivity index (χ4v) is 1.89. The molecule has 0 spiro atoms. The number of phenolic OH excluding ortho intramolecular Hbond substituents is 1. The molecule has 2 rings (SSSR count). The molecule has 0 aromatic heterocycles. The molecule has 1 aliphatic rings. The van der Waals surface area contributed by atoms with E-state index in [-0.39, 0.29) is 11.7 Å². The molecule has 1 heterocycles. The van der Waals surface area contributed by atoms with Gasteiger partial charge in [0.1, 0.15) is 5.75 Å². The quantitative estimate of drug-likeness (QED) is 0.691. The van der Waals surface area contributed by atoms with Crippen molar-refractivity contribution in [1.29, 1.82) is 0 Å². The Kier molecular flexibility index (Phi) is 4.73. The average Bonchev–Trinajstić information content (AvgIpc) is 2.42. The summed E-state index contributed by atoms with van der Waals surface area (Å²) in [7, 11) is 0. The van der Waals surface area contributed by atoms with E-state index >= 15 is 0 Å². The third kappa shape index (κ3) is 4.20. The van der Waals surface area contributed by atoms with Gasteiger partial charge in [-0.3, -0.25) is 10.2 Å². The second-order valence-corrected chi connectivity index (χ2v) is 4.55. The van der Waals surface area contributed by atoms with Crippen molar-refractivity contribution in [3.63, 3.8) is 0 Å². The van der Waals surface area contributed by atoms with Crippen molar-refractivity contribution in [2.45, 2.75) is 12.5 Å². The van der Waals surface area contributed by atoms with Crippen LogP contribution in [-0.2, 0) is 16.0 Å². The zero-order valence-corrected chi connectivity index (χ0v) is 10.7. The van der Waals surface area contributed by atoms with Gasteiger partial charge in [-0.25, -0.2) is 5.01 Å². The second kappa shape index (κ2) is 6.51. The maximum atomic E-state index is 11.9. The van der Waals surface area contributed by atoms with Crippen LogP contribution in [-0.4, -0.2) is 48.4 Å². The third-order valence-corrected chi connectivity index (χ3v) is 3.01. The molecule has 0 bridgehead atoms. The molecule has 0 saturated carbocycles. The molecule has 1 aromatic carbocycles. The summed E-state index contributed by atoms with van der Waals surface area (Å²) >= 11 is 0. The van der Waals surface area contributed by atoms with E-state index in [2.05, 4.69) is 5.43 Å². The van der Waals surface area contributed by atoms with Crippen LogP contribution in [0.2, 0.25) is 0 Å². The Morgan fingerprint density at radius 3 is 2.63 bits per heavy atom. The Morgan fingerprint density at radius 2 is 2.00 bits per heavy atom. The summed E-state index contributed by atoms with van der Waals surface area (Å²) in [6, 6.07) is 6.09. The zero-order chi connectivity index (χ0) is 13.7. The first kappa shape index (κ1) is 13.8. The van der Waals surface area contributed by atoms with Crippen molar-refractivity contribution in [3.8, 4) is 5.75 Å². The number of carbonyl (C=O) groups is 1. The van der Waals surface area contributed by atoms with Crippen LogP contribution in [0.15, 0.2) is 24.3 Å². The SMILES string of the molecule is NC(Cc1ccc(O)cc1)C(=O)NN1CCOCC1. The van der Waals surface area contributed by atoms with Crippen molar-refractivity contribution in [2.24, 2.45) is 5.73 Å². The lowest BCUT2D eigenvalue weighted by Gasteiger charge is -2.28. The van der Waals surface area contributed by atoms with Crippen LogP contribution >= 0.6 is 0 Å². The van der Waals surface area contributed by atoms with Crippen molar-refractivity contribution in [3.05, 3.63) is 29.8 Å². The van der Waals surface area contributed by atoms with E-state index in [0.29, 0.717) is 32.7 Å². The number of nitrogens with two attached hydrogens (primary N) is 1. The van der Waals surface area contributed by atoms with Crippen LogP contribution in [0.25, 0.3) is 0 Å². The Balaban J connectivity index is 1.83. The molecule has 6 nitrogen and oxygen atoms in total. The van der Waals surface area contributed by atoms with Gasteiger partial charge in [-0.15, -0.1) is 0 Å². The molecule has 0 aliphatic carbocycles. The highest BCUT2D eigenvalue weighted by Gasteiger charge is 2.18. The number of phenols is 1. The van der Waals surface area contributed by atoms with Gasteiger partial charge in [-0.05, 0) is 24.1 Å². The van der Waals surface area contributed by atoms with Gasteiger partial charge < -0.3 is 15.6 Å². The molecule has 1 aromatic rings. The molecule has 19 heavy (non-hydrogen) atoms. The van der Waals surface area contributed by atoms with Gasteiger partial charge in [0.15, 0.2) is 0 Å². The fraction of sp³-hybridized carbons (Fsp3) is 0.462. The molecular formula is C13H19N3O3. The second-order valence-electron chi connectivity index (χ2n) is 4.55. The van der Waals surface area contributed by atoms with Gasteiger partial charge in [0.2, 0.25) is 0 Å². The summed E-state index contributed by atoms with van der Waals surface area (Å²) in [6.45, 7) is 2.59. The van der Waals surface area contributed by atoms with Crippen LogP contribution in [0.1, 0.15) is 5.56 Å². The lowest BCUT2D eigenvalue weighted by molar-refractivity contribution is -0.129. The maximum absolute atomic E-state index is 11.9. The Morgan fingerprint density at radius 1 is 1.37 bits per heavy atom. The Bertz CT molecular complexity index is 416. The van der Waals surface area contributed by atoms with E-state index in [1.54, 1.807) is 24.3 Å². The minimum atomic E-state index is -0.604. The number of nitrogens with one attached hydrogen (secondary N) is 1. The minimum Gasteiger partial charge on any atom is -0.508 e. The first-order valence-electron chi connectivity index (χ1n) is 6.32. The van der Waals surface area contributed by atoms with Crippen LogP contribution in [0.5, 0.6) is 5.75 Å². The molecule has 4 N–H and O–H groups in total. The van der Waals surface area contributed by atoms with E-state index in [0.717, 1.165) is 5.56 Å². The summed E-state index contributed by atoms with van der Waals surface area (Å²) < 4.78 is 5.20. The molecule has 1 saturated heterocycles. The lowest BCUT2D eigenvalue weighted by Crippen LogP contribution is -2.53. The van der Waals surface area contributed by atoms with Crippen LogP contribution < -0.4 is 11.2 Å². The highest BCUT2D eigenvalue weighted by atomic mass is 16.5. The van der Waals surface area contributed by atoms with E-state index in [9.17, 15) is 9.90 Å². The van der Waals surface area contributed by atoms with Crippen LogP contribution in [0, 0.1) is 0 Å². The molecule has 1 fully saturated rings.